The maximum Gasteiger partial charge on any atom is 0.213 e. The van der Waals surface area contributed by atoms with Crippen molar-refractivity contribution >= 4 is 39.8 Å². The van der Waals surface area contributed by atoms with Crippen LogP contribution in [0, 0.1) is 0 Å². The summed E-state index contributed by atoms with van der Waals surface area (Å²) in [7, 11) is -1.22. The summed E-state index contributed by atoms with van der Waals surface area (Å²) in [5, 5.41) is 6.40. The molecular weight excluding hydrogens is 467 g/mol. The zero-order valence-electron chi connectivity index (χ0n) is 15.0. The van der Waals surface area contributed by atoms with Gasteiger partial charge in [-0.15, -0.1) is 24.0 Å². The second-order valence-corrected chi connectivity index (χ2v) is 8.93. The van der Waals surface area contributed by atoms with Crippen molar-refractivity contribution in [2.75, 3.05) is 18.6 Å². The van der Waals surface area contributed by atoms with Crippen molar-refractivity contribution in [3.63, 3.8) is 0 Å². The van der Waals surface area contributed by atoms with Crippen molar-refractivity contribution < 1.29 is 13.2 Å². The molecule has 1 saturated carbocycles. The van der Waals surface area contributed by atoms with Crippen LogP contribution in [-0.2, 0) is 16.4 Å². The molecule has 1 aromatic rings. The number of guanidine groups is 1. The Hall–Kier alpha value is -1.10. The van der Waals surface area contributed by atoms with Crippen LogP contribution in [0.5, 0.6) is 5.88 Å². The molecule has 146 valence electrons. The van der Waals surface area contributed by atoms with Gasteiger partial charge in [0, 0.05) is 31.9 Å². The number of sulfone groups is 1. The van der Waals surface area contributed by atoms with E-state index in [9.17, 15) is 8.42 Å². The van der Waals surface area contributed by atoms with E-state index in [0.717, 1.165) is 18.4 Å². The van der Waals surface area contributed by atoms with Gasteiger partial charge in [-0.25, -0.2) is 13.4 Å². The molecule has 2 fully saturated rings. The number of hydrogen-bond donors (Lipinski definition) is 2. The standard InChI is InChI=1S/C17H26N4O3S.HI/c1-18-17(21-14-7-9-25(22,23)12-14)20-11-13-6-8-19-16(10-13)24-15-4-2-3-5-15;/h6,8,10,14-15H,2-5,7,9,11-12H2,1H3,(H2,18,20,21);1H. The smallest absolute Gasteiger partial charge is 0.213 e. The number of hydrogen-bond acceptors (Lipinski definition) is 5. The predicted molar refractivity (Wildman–Crippen MR) is 113 cm³/mol. The summed E-state index contributed by atoms with van der Waals surface area (Å²) < 4.78 is 29.0. The molecule has 26 heavy (non-hydrogen) atoms. The first-order valence-electron chi connectivity index (χ1n) is 8.83. The Morgan fingerprint density at radius 2 is 2.12 bits per heavy atom. The van der Waals surface area contributed by atoms with Gasteiger partial charge in [-0.1, -0.05) is 0 Å². The van der Waals surface area contributed by atoms with Crippen LogP contribution in [0.4, 0.5) is 0 Å². The van der Waals surface area contributed by atoms with Crippen LogP contribution in [0.1, 0.15) is 37.7 Å². The van der Waals surface area contributed by atoms with Gasteiger partial charge in [0.2, 0.25) is 5.88 Å². The second kappa shape index (κ2) is 9.72. The van der Waals surface area contributed by atoms with Crippen LogP contribution in [0.15, 0.2) is 23.3 Å². The van der Waals surface area contributed by atoms with E-state index in [1.807, 2.05) is 12.1 Å². The minimum Gasteiger partial charge on any atom is -0.474 e. The summed E-state index contributed by atoms with van der Waals surface area (Å²) in [6.45, 7) is 0.572. The highest BCUT2D eigenvalue weighted by Crippen LogP contribution is 2.23. The van der Waals surface area contributed by atoms with E-state index >= 15 is 0 Å². The van der Waals surface area contributed by atoms with Crippen molar-refractivity contribution in [1.29, 1.82) is 0 Å². The molecule has 1 atom stereocenters. The van der Waals surface area contributed by atoms with E-state index in [1.165, 1.54) is 12.8 Å². The maximum atomic E-state index is 11.5. The molecule has 3 rings (SSSR count). The van der Waals surface area contributed by atoms with Gasteiger partial charge in [-0.05, 0) is 43.7 Å². The lowest BCUT2D eigenvalue weighted by atomic mass is 10.2. The Balaban J connectivity index is 0.00000243. The van der Waals surface area contributed by atoms with Gasteiger partial charge in [0.1, 0.15) is 6.10 Å². The number of aliphatic imine (C=N–C) groups is 1. The number of pyridine rings is 1. The average Bonchev–Trinajstić information content (AvgIpc) is 3.21. The predicted octanol–water partition coefficient (Wildman–Crippen LogP) is 1.87. The average molecular weight is 494 g/mol. The molecule has 2 N–H and O–H groups in total. The lowest BCUT2D eigenvalue weighted by Crippen LogP contribution is -2.43. The fraction of sp³-hybridized carbons (Fsp3) is 0.647. The molecule has 2 aliphatic rings. The van der Waals surface area contributed by atoms with Gasteiger partial charge < -0.3 is 15.4 Å². The number of aromatic nitrogens is 1. The number of halogens is 1. The van der Waals surface area contributed by atoms with Crippen LogP contribution >= 0.6 is 24.0 Å². The van der Waals surface area contributed by atoms with Crippen molar-refractivity contribution in [2.45, 2.75) is 50.8 Å². The molecule has 1 aliphatic carbocycles. The number of nitrogens with one attached hydrogen (secondary N) is 2. The molecule has 0 bridgehead atoms. The summed E-state index contributed by atoms with van der Waals surface area (Å²) in [5.41, 5.74) is 1.05. The molecule has 1 unspecified atom stereocenters. The van der Waals surface area contributed by atoms with Gasteiger partial charge in [-0.3, -0.25) is 4.99 Å². The highest BCUT2D eigenvalue weighted by molar-refractivity contribution is 14.0. The molecule has 9 heteroatoms. The fourth-order valence-electron chi connectivity index (χ4n) is 3.28. The maximum absolute atomic E-state index is 11.5. The Labute approximate surface area is 172 Å². The van der Waals surface area contributed by atoms with Crippen molar-refractivity contribution in [2.24, 2.45) is 4.99 Å². The number of rotatable bonds is 5. The first kappa shape index (κ1) is 21.2. The summed E-state index contributed by atoms with van der Waals surface area (Å²) in [6, 6.07) is 3.80. The molecule has 0 spiro atoms. The van der Waals surface area contributed by atoms with Gasteiger partial charge in [0.25, 0.3) is 0 Å². The molecule has 7 nitrogen and oxygen atoms in total. The quantitative estimate of drug-likeness (QED) is 0.369. The van der Waals surface area contributed by atoms with E-state index in [4.69, 9.17) is 4.74 Å². The molecule has 1 aromatic heterocycles. The van der Waals surface area contributed by atoms with Crippen LogP contribution in [0.3, 0.4) is 0 Å². The summed E-state index contributed by atoms with van der Waals surface area (Å²) in [6.07, 6.45) is 7.32. The Kier molecular flexibility index (Phi) is 7.93. The second-order valence-electron chi connectivity index (χ2n) is 6.70. The van der Waals surface area contributed by atoms with E-state index in [0.29, 0.717) is 24.8 Å². The topological polar surface area (TPSA) is 92.7 Å². The molecule has 2 heterocycles. The van der Waals surface area contributed by atoms with E-state index in [2.05, 4.69) is 20.6 Å². The Bertz CT molecular complexity index is 720. The monoisotopic (exact) mass is 494 g/mol. The molecular formula is C17H27IN4O3S. The number of nitrogens with zero attached hydrogens (tertiary/aromatic N) is 2. The SMILES string of the molecule is CN=C(NCc1ccnc(OC2CCCC2)c1)NC1CCS(=O)(=O)C1.I. The van der Waals surface area contributed by atoms with Crippen LogP contribution < -0.4 is 15.4 Å². The minimum atomic E-state index is -2.90. The first-order chi connectivity index (χ1) is 12.0. The minimum absolute atomic E-state index is 0. The zero-order valence-corrected chi connectivity index (χ0v) is 18.1. The van der Waals surface area contributed by atoms with Crippen molar-refractivity contribution in [1.82, 2.24) is 15.6 Å². The highest BCUT2D eigenvalue weighted by atomic mass is 127. The van der Waals surface area contributed by atoms with Crippen LogP contribution in [0.25, 0.3) is 0 Å². The molecule has 0 aromatic carbocycles. The Morgan fingerprint density at radius 3 is 2.77 bits per heavy atom. The van der Waals surface area contributed by atoms with E-state index < -0.39 is 9.84 Å². The van der Waals surface area contributed by atoms with Crippen molar-refractivity contribution in [3.8, 4) is 5.88 Å². The lowest BCUT2D eigenvalue weighted by Gasteiger charge is -2.16. The van der Waals surface area contributed by atoms with E-state index in [-0.39, 0.29) is 47.6 Å². The third-order valence-electron chi connectivity index (χ3n) is 4.65. The largest absolute Gasteiger partial charge is 0.474 e. The van der Waals surface area contributed by atoms with Crippen LogP contribution in [0.2, 0.25) is 0 Å². The summed E-state index contributed by atoms with van der Waals surface area (Å²) in [4.78, 5) is 8.46. The summed E-state index contributed by atoms with van der Waals surface area (Å²) in [5.74, 6) is 1.68. The van der Waals surface area contributed by atoms with Gasteiger partial charge in [0.05, 0.1) is 11.5 Å². The van der Waals surface area contributed by atoms with Gasteiger partial charge in [-0.2, -0.15) is 0 Å². The molecule has 1 aliphatic heterocycles. The van der Waals surface area contributed by atoms with Crippen LogP contribution in [-0.4, -0.2) is 50.1 Å². The zero-order chi connectivity index (χ0) is 17.7. The third kappa shape index (κ3) is 6.26. The van der Waals surface area contributed by atoms with E-state index in [1.54, 1.807) is 13.2 Å². The van der Waals surface area contributed by atoms with Gasteiger partial charge in [0.15, 0.2) is 15.8 Å². The fourth-order valence-corrected chi connectivity index (χ4v) is 4.96. The summed E-state index contributed by atoms with van der Waals surface area (Å²) >= 11 is 0. The molecule has 1 saturated heterocycles. The first-order valence-corrected chi connectivity index (χ1v) is 10.7. The van der Waals surface area contributed by atoms with Crippen molar-refractivity contribution in [3.05, 3.63) is 23.9 Å². The Morgan fingerprint density at radius 1 is 1.35 bits per heavy atom. The number of ether oxygens (including phenoxy) is 1. The normalized spacial score (nSPS) is 22.7. The van der Waals surface area contributed by atoms with Gasteiger partial charge >= 0.3 is 0 Å². The lowest BCUT2D eigenvalue weighted by molar-refractivity contribution is 0.201. The molecule has 0 amide bonds. The highest BCUT2D eigenvalue weighted by Gasteiger charge is 2.28. The molecule has 0 radical (unpaired) electrons. The third-order valence-corrected chi connectivity index (χ3v) is 6.41.